The number of esters is 2. The van der Waals surface area contributed by atoms with Gasteiger partial charge in [-0.2, -0.15) is 0 Å². The molecule has 1 aromatic carbocycles. The number of hydrogen-bond acceptors (Lipinski definition) is 10. The largest absolute Gasteiger partial charge is 0.454 e. The average molecular weight is 735 g/mol. The van der Waals surface area contributed by atoms with Crippen LogP contribution in [-0.4, -0.2) is 103 Å². The third-order valence-corrected chi connectivity index (χ3v) is 10.4. The summed E-state index contributed by atoms with van der Waals surface area (Å²) in [4.78, 5) is 26.4. The van der Waals surface area contributed by atoms with Gasteiger partial charge in [-0.1, -0.05) is 91.9 Å². The minimum Gasteiger partial charge on any atom is -0.454 e. The van der Waals surface area contributed by atoms with E-state index in [1.165, 1.54) is 51.4 Å². The van der Waals surface area contributed by atoms with Crippen LogP contribution >= 0.6 is 0 Å². The fourth-order valence-electron chi connectivity index (χ4n) is 6.19. The third-order valence-electron chi connectivity index (χ3n) is 10.4. The highest BCUT2D eigenvalue weighted by atomic mass is 16.6. The van der Waals surface area contributed by atoms with Crippen LogP contribution in [-0.2, 0) is 37.9 Å². The Morgan fingerprint density at radius 3 is 1.21 bits per heavy atom. The van der Waals surface area contributed by atoms with Crippen LogP contribution in [0.2, 0.25) is 0 Å². The second-order valence-electron chi connectivity index (χ2n) is 15.0. The lowest BCUT2D eigenvalue weighted by Gasteiger charge is -2.40. The summed E-state index contributed by atoms with van der Waals surface area (Å²) in [6.45, 7) is 14.8. The Kier molecular flexibility index (Phi) is 22.0. The van der Waals surface area contributed by atoms with Gasteiger partial charge < -0.3 is 37.9 Å². The molecule has 10 heteroatoms. The van der Waals surface area contributed by atoms with Crippen molar-refractivity contribution >= 4 is 11.9 Å². The van der Waals surface area contributed by atoms with Crippen molar-refractivity contribution < 1.29 is 47.5 Å². The molecule has 0 N–H and O–H groups in total. The number of carbonyl (C=O) groups is 2. The van der Waals surface area contributed by atoms with E-state index in [1.807, 2.05) is 0 Å². The van der Waals surface area contributed by atoms with Gasteiger partial charge >= 0.3 is 11.9 Å². The SMILES string of the molecule is CCCCCCCCOCC(COCC1(CC)COC1)OC(=O)c1ccc(C(=O)OC(COCCCCCCCC)COCC2(CC)COC2)cc1. The summed E-state index contributed by atoms with van der Waals surface area (Å²) < 4.78 is 46.5. The highest BCUT2D eigenvalue weighted by molar-refractivity contribution is 5.93. The van der Waals surface area contributed by atoms with E-state index in [-0.39, 0.29) is 37.3 Å². The number of hydrogen-bond donors (Lipinski definition) is 0. The topological polar surface area (TPSA) is 108 Å². The van der Waals surface area contributed by atoms with Crippen LogP contribution < -0.4 is 0 Å². The minimum atomic E-state index is -0.553. The molecule has 2 atom stereocenters. The van der Waals surface area contributed by atoms with E-state index in [1.54, 1.807) is 24.3 Å². The van der Waals surface area contributed by atoms with Gasteiger partial charge in [0.15, 0.2) is 0 Å². The molecule has 0 aromatic heterocycles. The van der Waals surface area contributed by atoms with Crippen LogP contribution in [0, 0.1) is 10.8 Å². The number of unbranched alkanes of at least 4 members (excludes halogenated alkanes) is 10. The Bertz CT molecular complexity index is 989. The Morgan fingerprint density at radius 2 is 0.885 bits per heavy atom. The Labute approximate surface area is 314 Å². The predicted octanol–water partition coefficient (Wildman–Crippen LogP) is 8.38. The van der Waals surface area contributed by atoms with Gasteiger partial charge in [0.25, 0.3) is 0 Å². The summed E-state index contributed by atoms with van der Waals surface area (Å²) in [6.07, 6.45) is 14.9. The molecular weight excluding hydrogens is 664 g/mol. The standard InChI is InChI=1S/C42H70O10/c1-5-9-11-13-15-17-23-45-25-37(27-47-29-41(7-3)31-49-32-41)51-39(43)35-19-21-36(22-20-35)40(44)52-38(26-46-24-18-16-14-12-10-6-2)28-48-30-42(8-4)33-50-34-42/h19-22,37-38H,5-18,23-34H2,1-4H3. The maximum Gasteiger partial charge on any atom is 0.338 e. The van der Waals surface area contributed by atoms with Crippen LogP contribution in [0.5, 0.6) is 0 Å². The van der Waals surface area contributed by atoms with Crippen molar-refractivity contribution in [2.24, 2.45) is 10.8 Å². The van der Waals surface area contributed by atoms with Gasteiger partial charge in [-0.25, -0.2) is 9.59 Å². The highest BCUT2D eigenvalue weighted by Crippen LogP contribution is 2.32. The molecule has 2 heterocycles. The minimum absolute atomic E-state index is 0.0344. The normalized spacial score (nSPS) is 17.2. The van der Waals surface area contributed by atoms with Gasteiger partial charge in [-0.3, -0.25) is 0 Å². The van der Waals surface area contributed by atoms with Crippen molar-refractivity contribution in [2.45, 2.75) is 130 Å². The van der Waals surface area contributed by atoms with Crippen molar-refractivity contribution in [2.75, 3.05) is 79.3 Å². The first-order valence-electron chi connectivity index (χ1n) is 20.4. The third kappa shape index (κ3) is 16.5. The van der Waals surface area contributed by atoms with E-state index in [4.69, 9.17) is 37.9 Å². The van der Waals surface area contributed by atoms with Crippen LogP contribution in [0.15, 0.2) is 24.3 Å². The van der Waals surface area contributed by atoms with Crippen molar-refractivity contribution in [1.82, 2.24) is 0 Å². The fraction of sp³-hybridized carbons (Fsp3) is 0.810. The van der Waals surface area contributed by atoms with E-state index in [9.17, 15) is 9.59 Å². The molecule has 2 fully saturated rings. The van der Waals surface area contributed by atoms with Gasteiger partial charge in [-0.15, -0.1) is 0 Å². The molecule has 2 unspecified atom stereocenters. The molecule has 2 aliphatic heterocycles. The summed E-state index contributed by atoms with van der Waals surface area (Å²) in [5, 5.41) is 0. The predicted molar refractivity (Wildman–Crippen MR) is 202 cm³/mol. The number of ether oxygens (including phenoxy) is 8. The Morgan fingerprint density at radius 1 is 0.538 bits per heavy atom. The number of carbonyl (C=O) groups excluding carboxylic acids is 2. The fourth-order valence-corrected chi connectivity index (χ4v) is 6.19. The molecule has 3 rings (SSSR count). The van der Waals surface area contributed by atoms with Gasteiger partial charge in [0.2, 0.25) is 0 Å². The second-order valence-corrected chi connectivity index (χ2v) is 15.0. The van der Waals surface area contributed by atoms with E-state index in [2.05, 4.69) is 27.7 Å². The molecule has 0 spiro atoms. The first-order chi connectivity index (χ1) is 25.4. The Hall–Kier alpha value is -2.08. The molecule has 0 radical (unpaired) electrons. The molecule has 10 nitrogen and oxygen atoms in total. The molecule has 0 saturated carbocycles. The van der Waals surface area contributed by atoms with Crippen molar-refractivity contribution in [3.05, 3.63) is 35.4 Å². The highest BCUT2D eigenvalue weighted by Gasteiger charge is 2.38. The summed E-state index contributed by atoms with van der Waals surface area (Å²) in [5.74, 6) is -0.985. The van der Waals surface area contributed by atoms with Crippen molar-refractivity contribution in [3.8, 4) is 0 Å². The zero-order valence-corrected chi connectivity index (χ0v) is 32.9. The first-order valence-corrected chi connectivity index (χ1v) is 20.4. The summed E-state index contributed by atoms with van der Waals surface area (Å²) in [6, 6.07) is 6.36. The van der Waals surface area contributed by atoms with E-state index < -0.39 is 24.1 Å². The molecule has 0 amide bonds. The maximum atomic E-state index is 13.2. The van der Waals surface area contributed by atoms with Gasteiger partial charge in [-0.05, 0) is 49.9 Å². The summed E-state index contributed by atoms with van der Waals surface area (Å²) >= 11 is 0. The number of rotatable bonds is 32. The molecular formula is C42H70O10. The second kappa shape index (κ2) is 25.9. The zero-order chi connectivity index (χ0) is 37.3. The molecule has 2 aliphatic rings. The molecule has 298 valence electrons. The van der Waals surface area contributed by atoms with Crippen LogP contribution in [0.1, 0.15) is 138 Å². The van der Waals surface area contributed by atoms with Crippen LogP contribution in [0.4, 0.5) is 0 Å². The molecule has 1 aromatic rings. The molecule has 0 bridgehead atoms. The lowest BCUT2D eigenvalue weighted by molar-refractivity contribution is -0.157. The van der Waals surface area contributed by atoms with Gasteiger partial charge in [0, 0.05) is 24.0 Å². The summed E-state index contributed by atoms with van der Waals surface area (Å²) in [5.41, 5.74) is 0.744. The van der Waals surface area contributed by atoms with Gasteiger partial charge in [0.1, 0.15) is 12.2 Å². The zero-order valence-electron chi connectivity index (χ0n) is 32.9. The first kappa shape index (κ1) is 44.3. The monoisotopic (exact) mass is 734 g/mol. The average Bonchev–Trinajstić information content (AvgIpc) is 3.12. The van der Waals surface area contributed by atoms with Crippen molar-refractivity contribution in [3.63, 3.8) is 0 Å². The lowest BCUT2D eigenvalue weighted by Crippen LogP contribution is -2.46. The lowest BCUT2D eigenvalue weighted by atomic mass is 9.84. The smallest absolute Gasteiger partial charge is 0.338 e. The van der Waals surface area contributed by atoms with E-state index in [0.29, 0.717) is 64.0 Å². The molecule has 52 heavy (non-hydrogen) atoms. The van der Waals surface area contributed by atoms with E-state index in [0.717, 1.165) is 38.5 Å². The van der Waals surface area contributed by atoms with Gasteiger partial charge in [0.05, 0.1) is 77.2 Å². The summed E-state index contributed by atoms with van der Waals surface area (Å²) in [7, 11) is 0. The van der Waals surface area contributed by atoms with E-state index >= 15 is 0 Å². The quantitative estimate of drug-likeness (QED) is 0.0529. The van der Waals surface area contributed by atoms with Crippen molar-refractivity contribution in [1.29, 1.82) is 0 Å². The molecule has 2 saturated heterocycles. The van der Waals surface area contributed by atoms with Crippen LogP contribution in [0.3, 0.4) is 0 Å². The molecule has 0 aliphatic carbocycles. The Balaban J connectivity index is 1.50. The van der Waals surface area contributed by atoms with Crippen LogP contribution in [0.25, 0.3) is 0 Å². The number of benzene rings is 1. The maximum absolute atomic E-state index is 13.2.